The lowest BCUT2D eigenvalue weighted by atomic mass is 9.66. The predicted molar refractivity (Wildman–Crippen MR) is 664 cm³/mol. The average Bonchev–Trinajstić information content (AvgIpc) is 1.61. The molecule has 0 aromatic rings. The molecule has 0 bridgehead atoms. The number of rotatable bonds is 44. The van der Waals surface area contributed by atoms with Crippen LogP contribution in [-0.2, 0) is 0 Å². The average molecular weight is 1980 g/mol. The van der Waals surface area contributed by atoms with E-state index in [4.69, 9.17) is 0 Å². The van der Waals surface area contributed by atoms with Crippen molar-refractivity contribution >= 4 is 0 Å². The molecule has 0 heteroatoms. The maximum atomic E-state index is 2.43. The van der Waals surface area contributed by atoms with Crippen LogP contribution in [0, 0.1) is 131 Å². The van der Waals surface area contributed by atoms with Gasteiger partial charge in [0.1, 0.15) is 0 Å². The first kappa shape index (κ1) is 158. The lowest BCUT2D eigenvalue weighted by Crippen LogP contribution is -2.29. The third kappa shape index (κ3) is 146. The summed E-state index contributed by atoms with van der Waals surface area (Å²) in [4.78, 5) is 0. The second kappa shape index (κ2) is 73.3. The summed E-state index contributed by atoms with van der Waals surface area (Å²) in [6.07, 6.45) is 72.8. The summed E-state index contributed by atoms with van der Waals surface area (Å²) in [5, 5.41) is 0. The SMILES string of the molecule is CC(C)(C)CCCCC(C)(C)C.CC(C)(C)CCCCC(C)(C)C.CC(C)(C)CCCCCC(C)(C)C.CC(C)(C)CCCCCC(C)(C)C.CC(C)(C)CCCCCC(C)(C)C(C)(C)C.CC(C)(C)CCCCCC1(C(C)(C)C)CC1.CC(C)(C)CCCCCCC(C)(C)C.CC(C)(C)CCCCCCC(C)(C)C.C[C@@H](CCCCCC(C)(C)C)C(C)(C)C.C[C@@H](CCCCCC(C)(C)C)C(C)(C)C. The van der Waals surface area contributed by atoms with E-state index in [0.717, 1.165) is 11.8 Å². The molecule has 2 atom stereocenters. The van der Waals surface area contributed by atoms with Crippen molar-refractivity contribution in [1.29, 1.82) is 0 Å². The first-order valence-electron chi connectivity index (χ1n) is 61.6. The standard InChI is InChI=1S/C16H32.C16H34.2C15H32.2C14H30.2C13H28.2C12H26/c1-14(2,3)10-8-7-9-11-16(12-13-16)15(4,5)6;1-14(2,3)12-10-9-11-13-16(7,8)15(4,5)6;2*1-13(15(5,6)7)11-9-8-10-12-14(2,3)4;2*1-13(2,3)11-9-7-8-10-12-14(4,5)6;2*1-12(2,3)10-8-7-9-11-13(4,5)6;2*1-11(2,3)9-7-8-10-12(4,5)6/h7-13H2,1-6H3;9-13H2,1-8H3;2*13H,8-12H2,1-7H3;2*7-12H2,1-6H3;2*7-11H2,1-6H3;2*7-10H2,1-6H3/t;;2*13-;;;;;;/m..00....../s1. The molecule has 858 valence electrons. The van der Waals surface area contributed by atoms with Crippen molar-refractivity contribution in [2.45, 2.75) is 777 Å². The zero-order valence-corrected chi connectivity index (χ0v) is 113. The summed E-state index contributed by atoms with van der Waals surface area (Å²) < 4.78 is 0. The van der Waals surface area contributed by atoms with Crippen molar-refractivity contribution in [3.63, 3.8) is 0 Å². The Bertz CT molecular complexity index is 2400. The van der Waals surface area contributed by atoms with Gasteiger partial charge in [-0.2, -0.15) is 0 Å². The molecule has 0 aromatic heterocycles. The Balaban J connectivity index is -0.000000195. The van der Waals surface area contributed by atoms with Crippen LogP contribution in [0.4, 0.5) is 0 Å². The van der Waals surface area contributed by atoms with Crippen LogP contribution in [-0.4, -0.2) is 0 Å². The second-order valence-electron chi connectivity index (χ2n) is 71.4. The smallest absolute Gasteiger partial charge is 0.0248 e. The van der Waals surface area contributed by atoms with Crippen LogP contribution in [0.2, 0.25) is 0 Å². The molecular weight excluding hydrogens is 1680 g/mol. The van der Waals surface area contributed by atoms with Crippen LogP contribution in [0.25, 0.3) is 0 Å². The fourth-order valence-corrected chi connectivity index (χ4v) is 17.0. The lowest BCUT2D eigenvalue weighted by molar-refractivity contribution is 0.115. The van der Waals surface area contributed by atoms with E-state index in [1.54, 1.807) is 0 Å². The van der Waals surface area contributed by atoms with Gasteiger partial charge in [-0.25, -0.2) is 0 Å². The van der Waals surface area contributed by atoms with Gasteiger partial charge in [0.2, 0.25) is 0 Å². The molecule has 0 radical (unpaired) electrons. The molecule has 1 aliphatic rings. The number of unbranched alkanes of at least 4 members (excludes halogenated alkanes) is 20. The molecule has 0 spiro atoms. The Labute approximate surface area is 902 Å². The van der Waals surface area contributed by atoms with Gasteiger partial charge in [-0.3, -0.25) is 0 Å². The normalized spacial score (nSPS) is 14.7. The minimum atomic E-state index is 0.428. The van der Waals surface area contributed by atoms with Crippen molar-refractivity contribution in [3.05, 3.63) is 0 Å². The molecule has 0 nitrogen and oxygen atoms in total. The second-order valence-corrected chi connectivity index (χ2v) is 71.4. The van der Waals surface area contributed by atoms with Crippen LogP contribution in [0.1, 0.15) is 777 Å². The molecule has 0 unspecified atom stereocenters. The predicted octanol–water partition coefficient (Wildman–Crippen LogP) is 53.4. The Kier molecular flexibility index (Phi) is 82.6. The van der Waals surface area contributed by atoms with Crippen molar-refractivity contribution in [2.75, 3.05) is 0 Å². The molecule has 0 N–H and O–H groups in total. The number of hydrogen-bond donors (Lipinski definition) is 0. The highest BCUT2D eigenvalue weighted by atomic mass is 14.6. The van der Waals surface area contributed by atoms with E-state index in [9.17, 15) is 0 Å². The molecule has 1 rings (SSSR count). The first-order chi connectivity index (χ1) is 61.6. The van der Waals surface area contributed by atoms with Gasteiger partial charge < -0.3 is 0 Å². The number of hydrogen-bond acceptors (Lipinski definition) is 0. The Morgan fingerprint density at radius 2 is 0.257 bits per heavy atom. The van der Waals surface area contributed by atoms with Gasteiger partial charge in [-0.15, -0.1) is 0 Å². The van der Waals surface area contributed by atoms with E-state index in [0.29, 0.717) is 119 Å². The van der Waals surface area contributed by atoms with Crippen molar-refractivity contribution in [1.82, 2.24) is 0 Å². The van der Waals surface area contributed by atoms with Crippen molar-refractivity contribution in [3.8, 4) is 0 Å². The van der Waals surface area contributed by atoms with Gasteiger partial charge in [-0.05, 0) is 259 Å². The maximum absolute atomic E-state index is 2.43. The molecule has 1 fully saturated rings. The monoisotopic (exact) mass is 1980 g/mol. The molecule has 1 saturated carbocycles. The summed E-state index contributed by atoms with van der Waals surface area (Å²) in [6, 6.07) is 0. The van der Waals surface area contributed by atoms with Gasteiger partial charge in [0.15, 0.2) is 0 Å². The summed E-state index contributed by atoms with van der Waals surface area (Å²) in [5.41, 5.74) is 11.6. The quantitative estimate of drug-likeness (QED) is 0.0534. The summed E-state index contributed by atoms with van der Waals surface area (Å²) in [7, 11) is 0. The van der Waals surface area contributed by atoms with E-state index in [1.807, 2.05) is 0 Å². The van der Waals surface area contributed by atoms with Crippen LogP contribution < -0.4 is 0 Å². The molecule has 0 aliphatic heterocycles. The zero-order chi connectivity index (χ0) is 113. The molecule has 0 aromatic carbocycles. The lowest BCUT2D eigenvalue weighted by Gasteiger charge is -2.39. The van der Waals surface area contributed by atoms with Gasteiger partial charge in [0.25, 0.3) is 0 Å². The summed E-state index contributed by atoms with van der Waals surface area (Å²) >= 11 is 0. The highest BCUT2D eigenvalue weighted by Gasteiger charge is 2.50. The molecular formula is C140H298. The minimum absolute atomic E-state index is 0.428. The molecule has 0 heterocycles. The van der Waals surface area contributed by atoms with Gasteiger partial charge in [0, 0.05) is 0 Å². The first-order valence-corrected chi connectivity index (χ1v) is 61.6. The van der Waals surface area contributed by atoms with E-state index >= 15 is 0 Å². The van der Waals surface area contributed by atoms with Crippen LogP contribution >= 0.6 is 0 Å². The van der Waals surface area contributed by atoms with E-state index in [1.165, 1.54) is 334 Å². The fourth-order valence-electron chi connectivity index (χ4n) is 17.0. The fraction of sp³-hybridized carbons (Fsp3) is 1.00. The van der Waals surface area contributed by atoms with Gasteiger partial charge >= 0.3 is 0 Å². The van der Waals surface area contributed by atoms with E-state index < -0.39 is 0 Å². The van der Waals surface area contributed by atoms with Crippen LogP contribution in [0.15, 0.2) is 0 Å². The highest BCUT2D eigenvalue weighted by molar-refractivity contribution is 5.01. The van der Waals surface area contributed by atoms with Gasteiger partial charge in [0.05, 0.1) is 0 Å². The Morgan fingerprint density at radius 1 is 0.143 bits per heavy atom. The molecule has 140 heavy (non-hydrogen) atoms. The largest absolute Gasteiger partial charge is 0.0620 e. The van der Waals surface area contributed by atoms with E-state index in [-0.39, 0.29) is 0 Å². The van der Waals surface area contributed by atoms with Crippen molar-refractivity contribution < 1.29 is 0 Å². The third-order valence-corrected chi connectivity index (χ3v) is 30.0. The maximum Gasteiger partial charge on any atom is -0.0248 e. The Hall–Kier alpha value is 0. The van der Waals surface area contributed by atoms with Gasteiger partial charge in [-0.1, -0.05) is 649 Å². The Morgan fingerprint density at radius 3 is 0.371 bits per heavy atom. The van der Waals surface area contributed by atoms with Crippen LogP contribution in [0.5, 0.6) is 0 Å². The summed E-state index contributed by atoms with van der Waals surface area (Å²) in [6.45, 7) is 150. The third-order valence-electron chi connectivity index (χ3n) is 30.0. The van der Waals surface area contributed by atoms with E-state index in [2.05, 4.69) is 443 Å². The molecule has 0 saturated heterocycles. The molecule has 0 amide bonds. The minimum Gasteiger partial charge on any atom is -0.0620 e. The van der Waals surface area contributed by atoms with Crippen molar-refractivity contribution in [2.24, 2.45) is 131 Å². The topological polar surface area (TPSA) is 0 Å². The van der Waals surface area contributed by atoms with Crippen LogP contribution in [0.3, 0.4) is 0 Å². The highest BCUT2D eigenvalue weighted by Crippen LogP contribution is 2.61. The summed E-state index contributed by atoms with van der Waals surface area (Å²) in [5.74, 6) is 1.71. The molecule has 1 aliphatic carbocycles. The zero-order valence-electron chi connectivity index (χ0n) is 113.